The van der Waals surface area contributed by atoms with Gasteiger partial charge in [-0.3, -0.25) is 4.79 Å². The number of halogens is 2. The first-order chi connectivity index (χ1) is 11.0. The lowest BCUT2D eigenvalue weighted by Gasteiger charge is -2.08. The summed E-state index contributed by atoms with van der Waals surface area (Å²) in [4.78, 5) is 11.7. The highest BCUT2D eigenvalue weighted by Crippen LogP contribution is 2.26. The van der Waals surface area contributed by atoms with Crippen LogP contribution in [0.5, 0.6) is 5.88 Å². The van der Waals surface area contributed by atoms with E-state index in [9.17, 15) is 13.6 Å². The minimum absolute atomic E-state index is 0.0755. The molecule has 1 heterocycles. The number of ether oxygens (including phenoxy) is 2. The summed E-state index contributed by atoms with van der Waals surface area (Å²) in [6.07, 6.45) is 2.90. The molecule has 23 heavy (non-hydrogen) atoms. The molecule has 0 fully saturated rings. The minimum atomic E-state index is -0.567. The van der Waals surface area contributed by atoms with Crippen molar-refractivity contribution in [1.29, 1.82) is 0 Å². The van der Waals surface area contributed by atoms with Crippen molar-refractivity contribution < 1.29 is 23.0 Å². The molecule has 2 rings (SSSR count). The fraction of sp³-hybridized carbons (Fsp3) is 0.250. The Kier molecular flexibility index (Phi) is 5.10. The van der Waals surface area contributed by atoms with Gasteiger partial charge in [0.25, 0.3) is 0 Å². The lowest BCUT2D eigenvalue weighted by Crippen LogP contribution is -2.07. The maximum atomic E-state index is 13.8. The smallest absolute Gasteiger partial charge is 0.220 e. The molecule has 0 saturated heterocycles. The molecule has 122 valence electrons. The third kappa shape index (κ3) is 3.56. The summed E-state index contributed by atoms with van der Waals surface area (Å²) in [5.41, 5.74) is 0.675. The number of benzene rings is 1. The molecule has 0 spiro atoms. The van der Waals surface area contributed by atoms with Gasteiger partial charge in [-0.1, -0.05) is 0 Å². The topological polar surface area (TPSA) is 53.3 Å². The molecule has 0 radical (unpaired) electrons. The van der Waals surface area contributed by atoms with Gasteiger partial charge in [0.15, 0.2) is 5.78 Å². The van der Waals surface area contributed by atoms with Crippen molar-refractivity contribution in [2.75, 3.05) is 14.2 Å². The SMILES string of the molecule is COC=Cc1c(C(C)=O)nn(Cc2cc(F)ccc2F)c1OC. The highest BCUT2D eigenvalue weighted by Gasteiger charge is 2.20. The normalized spacial score (nSPS) is 11.0. The number of methoxy groups -OCH3 is 2. The van der Waals surface area contributed by atoms with Crippen LogP contribution in [0.4, 0.5) is 8.78 Å². The van der Waals surface area contributed by atoms with Gasteiger partial charge in [-0.15, -0.1) is 0 Å². The molecule has 0 aliphatic heterocycles. The Morgan fingerprint density at radius 3 is 2.70 bits per heavy atom. The highest BCUT2D eigenvalue weighted by molar-refractivity contribution is 5.96. The van der Waals surface area contributed by atoms with Crippen LogP contribution in [0.3, 0.4) is 0 Å². The van der Waals surface area contributed by atoms with E-state index in [2.05, 4.69) is 5.10 Å². The third-order valence-corrected chi connectivity index (χ3v) is 3.17. The van der Waals surface area contributed by atoms with E-state index < -0.39 is 11.6 Å². The Balaban J connectivity index is 2.51. The maximum Gasteiger partial charge on any atom is 0.220 e. The van der Waals surface area contributed by atoms with Crippen LogP contribution in [0.25, 0.3) is 6.08 Å². The number of hydrogen-bond acceptors (Lipinski definition) is 4. The van der Waals surface area contributed by atoms with E-state index in [1.54, 1.807) is 0 Å². The van der Waals surface area contributed by atoms with E-state index in [4.69, 9.17) is 9.47 Å². The van der Waals surface area contributed by atoms with Crippen LogP contribution in [-0.4, -0.2) is 29.8 Å². The largest absolute Gasteiger partial charge is 0.504 e. The van der Waals surface area contributed by atoms with Gasteiger partial charge in [0.1, 0.15) is 17.3 Å². The van der Waals surface area contributed by atoms with E-state index in [1.165, 1.54) is 38.2 Å². The number of Topliss-reactive ketones (excluding diaryl/α,β-unsaturated/α-hetero) is 1. The van der Waals surface area contributed by atoms with Gasteiger partial charge in [-0.05, 0) is 24.3 Å². The van der Waals surface area contributed by atoms with Crippen molar-refractivity contribution in [2.45, 2.75) is 13.5 Å². The lowest BCUT2D eigenvalue weighted by molar-refractivity contribution is 0.101. The van der Waals surface area contributed by atoms with E-state index in [0.717, 1.165) is 18.2 Å². The van der Waals surface area contributed by atoms with Gasteiger partial charge in [0.05, 0.1) is 32.6 Å². The fourth-order valence-corrected chi connectivity index (χ4v) is 2.16. The number of carbonyl (C=O) groups is 1. The first-order valence-corrected chi connectivity index (χ1v) is 6.77. The molecule has 0 aliphatic carbocycles. The molecule has 0 amide bonds. The number of aromatic nitrogens is 2. The van der Waals surface area contributed by atoms with Crippen LogP contribution < -0.4 is 4.74 Å². The molecular formula is C16H16F2N2O3. The first kappa shape index (κ1) is 16.7. The summed E-state index contributed by atoms with van der Waals surface area (Å²) >= 11 is 0. The van der Waals surface area contributed by atoms with Crippen LogP contribution in [0, 0.1) is 11.6 Å². The number of ketones is 1. The van der Waals surface area contributed by atoms with E-state index in [-0.39, 0.29) is 29.5 Å². The predicted molar refractivity (Wildman–Crippen MR) is 80.3 cm³/mol. The molecule has 0 aliphatic rings. The van der Waals surface area contributed by atoms with E-state index in [0.29, 0.717) is 5.56 Å². The minimum Gasteiger partial charge on any atom is -0.504 e. The molecule has 0 unspecified atom stereocenters. The summed E-state index contributed by atoms with van der Waals surface area (Å²) in [5.74, 6) is -1.15. The molecule has 0 atom stereocenters. The second-order valence-electron chi connectivity index (χ2n) is 4.76. The van der Waals surface area contributed by atoms with Crippen molar-refractivity contribution in [3.05, 3.63) is 52.9 Å². The Bertz CT molecular complexity index is 754. The number of carbonyl (C=O) groups excluding carboxylic acids is 1. The summed E-state index contributed by atoms with van der Waals surface area (Å²) in [6, 6.07) is 3.15. The van der Waals surface area contributed by atoms with Gasteiger partial charge < -0.3 is 9.47 Å². The van der Waals surface area contributed by atoms with Gasteiger partial charge in [-0.25, -0.2) is 13.5 Å². The molecule has 1 aromatic heterocycles. The average molecular weight is 322 g/mol. The van der Waals surface area contributed by atoms with Gasteiger partial charge >= 0.3 is 0 Å². The molecular weight excluding hydrogens is 306 g/mol. The quantitative estimate of drug-likeness (QED) is 0.606. The zero-order chi connectivity index (χ0) is 17.0. The molecule has 5 nitrogen and oxygen atoms in total. The number of hydrogen-bond donors (Lipinski definition) is 0. The zero-order valence-corrected chi connectivity index (χ0v) is 13.0. The maximum absolute atomic E-state index is 13.8. The van der Waals surface area contributed by atoms with Crippen molar-refractivity contribution >= 4 is 11.9 Å². The summed E-state index contributed by atoms with van der Waals surface area (Å²) in [7, 11) is 2.87. The Hall–Kier alpha value is -2.70. The van der Waals surface area contributed by atoms with Crippen LogP contribution in [0.15, 0.2) is 24.5 Å². The van der Waals surface area contributed by atoms with Crippen LogP contribution in [0.1, 0.15) is 28.5 Å². The molecule has 0 N–H and O–H groups in total. The van der Waals surface area contributed by atoms with Crippen LogP contribution in [0.2, 0.25) is 0 Å². The van der Waals surface area contributed by atoms with Gasteiger partial charge in [-0.2, -0.15) is 5.10 Å². The monoisotopic (exact) mass is 322 g/mol. The fourth-order valence-electron chi connectivity index (χ4n) is 2.16. The second kappa shape index (κ2) is 7.04. The molecule has 0 bridgehead atoms. The average Bonchev–Trinajstić information content (AvgIpc) is 2.86. The molecule has 0 saturated carbocycles. The summed E-state index contributed by atoms with van der Waals surface area (Å²) in [5, 5.41) is 4.15. The third-order valence-electron chi connectivity index (χ3n) is 3.17. The van der Waals surface area contributed by atoms with Crippen molar-refractivity contribution in [3.8, 4) is 5.88 Å². The summed E-state index contributed by atoms with van der Waals surface area (Å²) < 4.78 is 38.5. The highest BCUT2D eigenvalue weighted by atomic mass is 19.1. The Morgan fingerprint density at radius 1 is 1.35 bits per heavy atom. The van der Waals surface area contributed by atoms with Gasteiger partial charge in [0.2, 0.25) is 5.88 Å². The van der Waals surface area contributed by atoms with Crippen molar-refractivity contribution in [1.82, 2.24) is 9.78 Å². The number of rotatable bonds is 6. The van der Waals surface area contributed by atoms with Gasteiger partial charge in [0, 0.05) is 12.5 Å². The van der Waals surface area contributed by atoms with Crippen LogP contribution >= 0.6 is 0 Å². The standard InChI is InChI=1S/C16H16F2N2O3/c1-10(21)15-13(6-7-22-2)16(23-3)20(19-15)9-11-8-12(17)4-5-14(11)18/h4-8H,9H2,1-3H3. The zero-order valence-electron chi connectivity index (χ0n) is 13.0. The van der Waals surface area contributed by atoms with Crippen LogP contribution in [-0.2, 0) is 11.3 Å². The first-order valence-electron chi connectivity index (χ1n) is 6.77. The Labute approximate surface area is 132 Å². The van der Waals surface area contributed by atoms with E-state index in [1.807, 2.05) is 0 Å². The van der Waals surface area contributed by atoms with Crippen molar-refractivity contribution in [3.63, 3.8) is 0 Å². The summed E-state index contributed by atoms with van der Waals surface area (Å²) in [6.45, 7) is 1.28. The Morgan fingerprint density at radius 2 is 2.09 bits per heavy atom. The molecule has 7 heteroatoms. The number of nitrogens with zero attached hydrogens (tertiary/aromatic N) is 2. The lowest BCUT2D eigenvalue weighted by atomic mass is 10.2. The molecule has 1 aromatic carbocycles. The molecule has 2 aromatic rings. The van der Waals surface area contributed by atoms with Crippen molar-refractivity contribution in [2.24, 2.45) is 0 Å². The predicted octanol–water partition coefficient (Wildman–Crippen LogP) is 3.04. The second-order valence-corrected chi connectivity index (χ2v) is 4.76. The van der Waals surface area contributed by atoms with E-state index >= 15 is 0 Å².